The van der Waals surface area contributed by atoms with E-state index in [4.69, 9.17) is 5.73 Å². The molecule has 0 fully saturated rings. The van der Waals surface area contributed by atoms with Gasteiger partial charge in [-0.1, -0.05) is 13.8 Å². The van der Waals surface area contributed by atoms with Crippen LogP contribution in [0.5, 0.6) is 0 Å². The lowest BCUT2D eigenvalue weighted by Gasteiger charge is -2.14. The number of sulfone groups is 1. The van der Waals surface area contributed by atoms with E-state index in [9.17, 15) is 17.6 Å². The SMILES string of the molecule is CC(C)CCS(=O)(=O)C(C)C(=O)Nc1ccc(F)c(N)c1. The summed E-state index contributed by atoms with van der Waals surface area (Å²) in [6.45, 7) is 5.18. The average molecular weight is 316 g/mol. The third kappa shape index (κ3) is 5.00. The predicted molar refractivity (Wildman–Crippen MR) is 82.1 cm³/mol. The number of nitrogen functional groups attached to an aromatic ring is 1. The molecule has 21 heavy (non-hydrogen) atoms. The zero-order valence-electron chi connectivity index (χ0n) is 12.4. The van der Waals surface area contributed by atoms with E-state index in [1.54, 1.807) is 0 Å². The van der Waals surface area contributed by atoms with Gasteiger partial charge >= 0.3 is 0 Å². The Balaban J connectivity index is 2.76. The highest BCUT2D eigenvalue weighted by atomic mass is 32.2. The van der Waals surface area contributed by atoms with E-state index >= 15 is 0 Å². The van der Waals surface area contributed by atoms with Crippen LogP contribution in [0.1, 0.15) is 27.2 Å². The van der Waals surface area contributed by atoms with Gasteiger partial charge in [-0.25, -0.2) is 12.8 Å². The lowest BCUT2D eigenvalue weighted by atomic mass is 10.2. The molecule has 0 aliphatic heterocycles. The number of amides is 1. The molecule has 0 saturated heterocycles. The number of benzene rings is 1. The van der Waals surface area contributed by atoms with Gasteiger partial charge in [0, 0.05) is 5.69 Å². The van der Waals surface area contributed by atoms with Crippen LogP contribution in [0, 0.1) is 11.7 Å². The van der Waals surface area contributed by atoms with Crippen molar-refractivity contribution in [2.24, 2.45) is 5.92 Å². The molecule has 1 aromatic carbocycles. The van der Waals surface area contributed by atoms with Crippen LogP contribution in [0.3, 0.4) is 0 Å². The number of nitrogens with one attached hydrogen (secondary N) is 1. The summed E-state index contributed by atoms with van der Waals surface area (Å²) in [5, 5.41) is 1.27. The third-order valence-corrected chi connectivity index (χ3v) is 5.25. The van der Waals surface area contributed by atoms with E-state index in [0.29, 0.717) is 6.42 Å². The molecule has 0 aromatic heterocycles. The number of halogens is 1. The maximum Gasteiger partial charge on any atom is 0.242 e. The minimum Gasteiger partial charge on any atom is -0.396 e. The first-order chi connectivity index (χ1) is 9.63. The number of anilines is 2. The average Bonchev–Trinajstić information content (AvgIpc) is 2.40. The minimum atomic E-state index is -3.51. The molecule has 0 heterocycles. The molecule has 1 rings (SSSR count). The van der Waals surface area contributed by atoms with Crippen molar-refractivity contribution < 1.29 is 17.6 Å². The highest BCUT2D eigenvalue weighted by Crippen LogP contribution is 2.17. The van der Waals surface area contributed by atoms with Crippen LogP contribution < -0.4 is 11.1 Å². The lowest BCUT2D eigenvalue weighted by molar-refractivity contribution is -0.115. The Morgan fingerprint density at radius 1 is 1.33 bits per heavy atom. The first kappa shape index (κ1) is 17.4. The second-order valence-corrected chi connectivity index (χ2v) is 7.86. The van der Waals surface area contributed by atoms with Crippen LogP contribution >= 0.6 is 0 Å². The molecule has 0 bridgehead atoms. The number of rotatable bonds is 6. The van der Waals surface area contributed by atoms with E-state index in [1.165, 1.54) is 19.1 Å². The van der Waals surface area contributed by atoms with Gasteiger partial charge in [0.1, 0.15) is 11.1 Å². The summed E-state index contributed by atoms with van der Waals surface area (Å²) < 4.78 is 37.1. The number of nitrogens with two attached hydrogens (primary N) is 1. The summed E-state index contributed by atoms with van der Waals surface area (Å²) in [6.07, 6.45) is 0.503. The number of carbonyl (C=O) groups is 1. The largest absolute Gasteiger partial charge is 0.396 e. The molecule has 0 saturated carbocycles. The lowest BCUT2D eigenvalue weighted by Crippen LogP contribution is -2.34. The van der Waals surface area contributed by atoms with E-state index < -0.39 is 26.8 Å². The van der Waals surface area contributed by atoms with Gasteiger partial charge in [0.2, 0.25) is 5.91 Å². The molecular formula is C14H21FN2O3S. The van der Waals surface area contributed by atoms with Gasteiger partial charge in [0.25, 0.3) is 0 Å². The fraction of sp³-hybridized carbons (Fsp3) is 0.500. The van der Waals surface area contributed by atoms with Crippen molar-refractivity contribution >= 4 is 27.1 Å². The molecular weight excluding hydrogens is 295 g/mol. The molecule has 7 heteroatoms. The maximum atomic E-state index is 13.0. The zero-order valence-corrected chi connectivity index (χ0v) is 13.2. The van der Waals surface area contributed by atoms with E-state index in [2.05, 4.69) is 5.32 Å². The molecule has 1 unspecified atom stereocenters. The van der Waals surface area contributed by atoms with Crippen molar-refractivity contribution in [2.75, 3.05) is 16.8 Å². The molecule has 0 radical (unpaired) electrons. The van der Waals surface area contributed by atoms with Crippen LogP contribution in [-0.4, -0.2) is 25.3 Å². The topological polar surface area (TPSA) is 89.3 Å². The van der Waals surface area contributed by atoms with Gasteiger partial charge in [-0.2, -0.15) is 0 Å². The molecule has 118 valence electrons. The van der Waals surface area contributed by atoms with Crippen molar-refractivity contribution in [1.29, 1.82) is 0 Å². The fourth-order valence-corrected chi connectivity index (χ4v) is 3.14. The fourth-order valence-electron chi connectivity index (χ4n) is 1.61. The van der Waals surface area contributed by atoms with Gasteiger partial charge < -0.3 is 11.1 Å². The number of carbonyl (C=O) groups excluding carboxylic acids is 1. The van der Waals surface area contributed by atoms with Gasteiger partial charge in [-0.15, -0.1) is 0 Å². The summed E-state index contributed by atoms with van der Waals surface area (Å²) >= 11 is 0. The predicted octanol–water partition coefficient (Wildman–Crippen LogP) is 2.20. The first-order valence-electron chi connectivity index (χ1n) is 6.71. The summed E-state index contributed by atoms with van der Waals surface area (Å²) in [6, 6.07) is 3.70. The number of hydrogen-bond acceptors (Lipinski definition) is 4. The number of hydrogen-bond donors (Lipinski definition) is 2. The molecule has 0 spiro atoms. The van der Waals surface area contributed by atoms with Crippen LogP contribution in [-0.2, 0) is 14.6 Å². The second-order valence-electron chi connectivity index (χ2n) is 5.42. The Bertz CT molecular complexity index is 615. The van der Waals surface area contributed by atoms with Crippen molar-refractivity contribution in [2.45, 2.75) is 32.4 Å². The molecule has 3 N–H and O–H groups in total. The minimum absolute atomic E-state index is 0.0369. The zero-order chi connectivity index (χ0) is 16.2. The highest BCUT2D eigenvalue weighted by Gasteiger charge is 2.27. The van der Waals surface area contributed by atoms with Crippen molar-refractivity contribution in [3.63, 3.8) is 0 Å². The van der Waals surface area contributed by atoms with Gasteiger partial charge in [0.15, 0.2) is 9.84 Å². The Labute approximate surface area is 124 Å². The van der Waals surface area contributed by atoms with Crippen molar-refractivity contribution in [3.8, 4) is 0 Å². The highest BCUT2D eigenvalue weighted by molar-refractivity contribution is 7.92. The van der Waals surface area contributed by atoms with E-state index in [1.807, 2.05) is 13.8 Å². The summed E-state index contributed by atoms with van der Waals surface area (Å²) in [7, 11) is -3.51. The van der Waals surface area contributed by atoms with Crippen LogP contribution in [0.2, 0.25) is 0 Å². The Morgan fingerprint density at radius 3 is 2.48 bits per heavy atom. The van der Waals surface area contributed by atoms with Gasteiger partial charge in [-0.3, -0.25) is 4.79 Å². The molecule has 1 atom stereocenters. The molecule has 5 nitrogen and oxygen atoms in total. The van der Waals surface area contributed by atoms with Crippen molar-refractivity contribution in [3.05, 3.63) is 24.0 Å². The Kier molecular flexibility index (Phi) is 5.71. The second kappa shape index (κ2) is 6.89. The standard InChI is InChI=1S/C14H21FN2O3S/c1-9(2)6-7-21(19,20)10(3)14(18)17-11-4-5-12(15)13(16)8-11/h4-5,8-10H,6-7,16H2,1-3H3,(H,17,18). The van der Waals surface area contributed by atoms with Crippen LogP contribution in [0.15, 0.2) is 18.2 Å². The maximum absolute atomic E-state index is 13.0. The van der Waals surface area contributed by atoms with Crippen LogP contribution in [0.4, 0.5) is 15.8 Å². The van der Waals surface area contributed by atoms with E-state index in [-0.39, 0.29) is 23.0 Å². The molecule has 0 aliphatic rings. The molecule has 0 aliphatic carbocycles. The summed E-state index contributed by atoms with van der Waals surface area (Å²) in [5.74, 6) is -1.03. The molecule has 1 amide bonds. The first-order valence-corrected chi connectivity index (χ1v) is 8.42. The quantitative estimate of drug-likeness (QED) is 0.787. The molecule has 1 aromatic rings. The monoisotopic (exact) mass is 316 g/mol. The van der Waals surface area contributed by atoms with Crippen molar-refractivity contribution in [1.82, 2.24) is 0 Å². The normalized spacial score (nSPS) is 13.2. The Hall–Kier alpha value is -1.63. The van der Waals surface area contributed by atoms with Crippen LogP contribution in [0.25, 0.3) is 0 Å². The summed E-state index contributed by atoms with van der Waals surface area (Å²) in [5.41, 5.74) is 5.55. The summed E-state index contributed by atoms with van der Waals surface area (Å²) in [4.78, 5) is 12.0. The Morgan fingerprint density at radius 2 is 1.95 bits per heavy atom. The van der Waals surface area contributed by atoms with E-state index in [0.717, 1.165) is 6.07 Å². The smallest absolute Gasteiger partial charge is 0.242 e. The van der Waals surface area contributed by atoms with Gasteiger partial charge in [-0.05, 0) is 37.5 Å². The third-order valence-electron chi connectivity index (χ3n) is 3.15. The van der Waals surface area contributed by atoms with Gasteiger partial charge in [0.05, 0.1) is 11.4 Å².